The average Bonchev–Trinajstić information content (AvgIpc) is 3.23. The summed E-state index contributed by atoms with van der Waals surface area (Å²) in [6.45, 7) is 9.44. The van der Waals surface area contributed by atoms with Gasteiger partial charge in [-0.15, -0.1) is 0 Å². The predicted molar refractivity (Wildman–Crippen MR) is 104 cm³/mol. The molecule has 7 heteroatoms. The van der Waals surface area contributed by atoms with Gasteiger partial charge in [0.25, 0.3) is 0 Å². The Morgan fingerprint density at radius 3 is 2.93 bits per heavy atom. The Morgan fingerprint density at radius 2 is 2.19 bits per heavy atom. The van der Waals surface area contributed by atoms with Crippen LogP contribution in [0.25, 0.3) is 11.0 Å². The first-order valence-corrected chi connectivity index (χ1v) is 9.83. The minimum atomic E-state index is -0.455. The fourth-order valence-electron chi connectivity index (χ4n) is 5.43. The van der Waals surface area contributed by atoms with Crippen molar-refractivity contribution in [3.63, 3.8) is 0 Å². The molecule has 2 aliphatic heterocycles. The molecular weight excluding hydrogens is 341 g/mol. The number of amides is 1. The van der Waals surface area contributed by atoms with Gasteiger partial charge in [0.05, 0.1) is 5.60 Å². The van der Waals surface area contributed by atoms with Gasteiger partial charge in [-0.2, -0.15) is 0 Å². The summed E-state index contributed by atoms with van der Waals surface area (Å²) in [7, 11) is 0. The van der Waals surface area contributed by atoms with E-state index in [-0.39, 0.29) is 24.0 Å². The Labute approximate surface area is 159 Å². The molecule has 5 rings (SSSR count). The van der Waals surface area contributed by atoms with Crippen molar-refractivity contribution in [1.29, 1.82) is 0 Å². The van der Waals surface area contributed by atoms with Crippen molar-refractivity contribution < 1.29 is 14.2 Å². The maximum Gasteiger partial charge on any atom is 0.410 e. The van der Waals surface area contributed by atoms with Crippen LogP contribution in [-0.2, 0) is 15.0 Å². The molecule has 142 valence electrons. The van der Waals surface area contributed by atoms with Crippen molar-refractivity contribution in [2.24, 2.45) is 5.41 Å². The highest BCUT2D eigenvalue weighted by Crippen LogP contribution is 2.62. The van der Waals surface area contributed by atoms with Crippen molar-refractivity contribution in [3.8, 4) is 0 Å². The summed E-state index contributed by atoms with van der Waals surface area (Å²) in [5.74, 6) is 0. The number of fused-ring (bicyclic) bond motifs is 4. The number of pyridine rings is 1. The van der Waals surface area contributed by atoms with Gasteiger partial charge in [0.15, 0.2) is 0 Å². The highest BCUT2D eigenvalue weighted by molar-refractivity contribution is 6.68. The third kappa shape index (κ3) is 2.51. The summed E-state index contributed by atoms with van der Waals surface area (Å²) in [5.41, 5.74) is 2.89. The zero-order valence-corrected chi connectivity index (χ0v) is 16.5. The van der Waals surface area contributed by atoms with Gasteiger partial charge < -0.3 is 19.3 Å². The van der Waals surface area contributed by atoms with Crippen LogP contribution in [-0.4, -0.2) is 46.6 Å². The van der Waals surface area contributed by atoms with E-state index in [9.17, 15) is 4.79 Å². The Kier molecular flexibility index (Phi) is 3.35. The lowest BCUT2D eigenvalue weighted by Crippen LogP contribution is -2.52. The lowest BCUT2D eigenvalue weighted by molar-refractivity contribution is -0.104. The van der Waals surface area contributed by atoms with Crippen LogP contribution in [0, 0.1) is 5.41 Å². The fourth-order valence-corrected chi connectivity index (χ4v) is 5.43. The third-order valence-electron chi connectivity index (χ3n) is 6.32. The van der Waals surface area contributed by atoms with Crippen LogP contribution in [0.15, 0.2) is 18.5 Å². The van der Waals surface area contributed by atoms with Crippen LogP contribution in [0.5, 0.6) is 0 Å². The van der Waals surface area contributed by atoms with Crippen LogP contribution >= 0.6 is 0 Å². The number of carbonyl (C=O) groups excluding carboxylic acids is 1. The van der Waals surface area contributed by atoms with E-state index in [0.29, 0.717) is 0 Å². The van der Waals surface area contributed by atoms with Gasteiger partial charge in [-0.25, -0.2) is 9.78 Å². The number of likely N-dealkylation sites (tertiary alicyclic amines) is 1. The maximum atomic E-state index is 12.5. The number of aromatic nitrogens is 2. The second-order valence-corrected chi connectivity index (χ2v) is 9.59. The minimum absolute atomic E-state index is 0.0625. The van der Waals surface area contributed by atoms with Crippen molar-refractivity contribution in [3.05, 3.63) is 24.0 Å². The molecule has 1 amide bonds. The number of aromatic amines is 1. The van der Waals surface area contributed by atoms with Crippen LogP contribution < -0.4 is 5.46 Å². The molecular formula is C20H26BN3O3. The zero-order chi connectivity index (χ0) is 19.0. The van der Waals surface area contributed by atoms with E-state index in [2.05, 4.69) is 22.9 Å². The molecule has 6 nitrogen and oxygen atoms in total. The molecule has 0 bridgehead atoms. The van der Waals surface area contributed by atoms with Crippen LogP contribution in [0.4, 0.5) is 4.79 Å². The molecule has 0 radical (unpaired) electrons. The lowest BCUT2D eigenvalue weighted by Gasteiger charge is -2.53. The van der Waals surface area contributed by atoms with Gasteiger partial charge in [0.1, 0.15) is 11.2 Å². The van der Waals surface area contributed by atoms with Crippen molar-refractivity contribution in [1.82, 2.24) is 14.9 Å². The molecule has 0 aromatic carbocycles. The SMILES string of the molecule is CB1OC2(CC3(CCN(C(=O)OC(C)(C)C)C3)C2)c2c1cnc1[nH]ccc21. The Balaban J connectivity index is 1.39. The van der Waals surface area contributed by atoms with Gasteiger partial charge in [0, 0.05) is 30.9 Å². The van der Waals surface area contributed by atoms with Crippen LogP contribution in [0.1, 0.15) is 45.6 Å². The highest BCUT2D eigenvalue weighted by atomic mass is 16.6. The van der Waals surface area contributed by atoms with E-state index in [1.165, 1.54) is 16.4 Å². The van der Waals surface area contributed by atoms with Gasteiger partial charge in [-0.05, 0) is 62.5 Å². The zero-order valence-electron chi connectivity index (χ0n) is 16.5. The summed E-state index contributed by atoms with van der Waals surface area (Å²) >= 11 is 0. The van der Waals surface area contributed by atoms with Crippen LogP contribution in [0.3, 0.4) is 0 Å². The summed E-state index contributed by atoms with van der Waals surface area (Å²) in [4.78, 5) is 22.1. The van der Waals surface area contributed by atoms with E-state index in [0.717, 1.165) is 38.0 Å². The number of rotatable bonds is 0. The molecule has 2 spiro atoms. The van der Waals surface area contributed by atoms with E-state index in [1.54, 1.807) is 0 Å². The van der Waals surface area contributed by atoms with Crippen molar-refractivity contribution in [2.45, 2.75) is 58.1 Å². The number of hydrogen-bond donors (Lipinski definition) is 1. The highest BCUT2D eigenvalue weighted by Gasteiger charge is 2.63. The second kappa shape index (κ2) is 5.28. The molecule has 1 aliphatic carbocycles. The van der Waals surface area contributed by atoms with Gasteiger partial charge >= 0.3 is 13.0 Å². The summed E-state index contributed by atoms with van der Waals surface area (Å²) in [6, 6.07) is 2.11. The summed E-state index contributed by atoms with van der Waals surface area (Å²) in [5, 5.41) is 1.17. The maximum absolute atomic E-state index is 12.5. The number of carbonyl (C=O) groups is 1. The minimum Gasteiger partial charge on any atom is -0.444 e. The van der Waals surface area contributed by atoms with Gasteiger partial charge in [-0.1, -0.05) is 6.82 Å². The van der Waals surface area contributed by atoms with Crippen LogP contribution in [0.2, 0.25) is 6.82 Å². The van der Waals surface area contributed by atoms with E-state index < -0.39 is 5.60 Å². The van der Waals surface area contributed by atoms with Gasteiger partial charge in [0.2, 0.25) is 0 Å². The first kappa shape index (κ1) is 17.1. The average molecular weight is 367 g/mol. The Bertz CT molecular complexity index is 926. The number of nitrogens with zero attached hydrogens (tertiary/aromatic N) is 2. The van der Waals surface area contributed by atoms with E-state index in [1.807, 2.05) is 38.1 Å². The molecule has 27 heavy (non-hydrogen) atoms. The Hall–Kier alpha value is -2.02. The molecule has 0 atom stereocenters. The number of hydrogen-bond acceptors (Lipinski definition) is 4. The number of nitrogens with one attached hydrogen (secondary N) is 1. The summed E-state index contributed by atoms with van der Waals surface area (Å²) < 4.78 is 12.1. The monoisotopic (exact) mass is 367 g/mol. The van der Waals surface area contributed by atoms with Crippen molar-refractivity contribution in [2.75, 3.05) is 13.1 Å². The van der Waals surface area contributed by atoms with E-state index in [4.69, 9.17) is 9.39 Å². The third-order valence-corrected chi connectivity index (χ3v) is 6.32. The largest absolute Gasteiger partial charge is 0.444 e. The normalized spacial score (nSPS) is 29.6. The number of ether oxygens (including phenoxy) is 1. The molecule has 1 saturated carbocycles. The molecule has 1 saturated heterocycles. The fraction of sp³-hybridized carbons (Fsp3) is 0.600. The molecule has 0 unspecified atom stereocenters. The molecule has 3 aliphatic rings. The van der Waals surface area contributed by atoms with E-state index >= 15 is 0 Å². The molecule has 1 N–H and O–H groups in total. The van der Waals surface area contributed by atoms with Crippen molar-refractivity contribution >= 4 is 29.5 Å². The predicted octanol–water partition coefficient (Wildman–Crippen LogP) is 3.04. The molecule has 4 heterocycles. The quantitative estimate of drug-likeness (QED) is 0.727. The first-order chi connectivity index (χ1) is 12.7. The summed E-state index contributed by atoms with van der Waals surface area (Å²) in [6.07, 6.45) is 6.64. The number of H-pyrrole nitrogens is 1. The first-order valence-electron chi connectivity index (χ1n) is 9.83. The van der Waals surface area contributed by atoms with Gasteiger partial charge in [-0.3, -0.25) is 0 Å². The topological polar surface area (TPSA) is 67.4 Å². The smallest absolute Gasteiger partial charge is 0.410 e. The Morgan fingerprint density at radius 1 is 1.41 bits per heavy atom. The standard InChI is InChI=1S/C20H26BN3O3/c1-18(2,3)26-17(25)24-8-6-19(12-24)10-20(11-19)15-13-5-7-22-16(13)23-9-14(15)21(4)27-20/h5,7,9H,6,8,10-12H2,1-4H3,(H,22,23). The molecule has 2 aromatic rings. The molecule has 2 fully saturated rings. The lowest BCUT2D eigenvalue weighted by atomic mass is 9.56. The second-order valence-electron chi connectivity index (χ2n) is 9.59. The molecule has 2 aromatic heterocycles.